The van der Waals surface area contributed by atoms with Crippen LogP contribution >= 0.6 is 0 Å². The average molecular weight is 276 g/mol. The lowest BCUT2D eigenvalue weighted by Crippen LogP contribution is -2.18. The highest BCUT2D eigenvalue weighted by atomic mass is 16.6. The monoisotopic (exact) mass is 276 g/mol. The summed E-state index contributed by atoms with van der Waals surface area (Å²) >= 11 is 0. The summed E-state index contributed by atoms with van der Waals surface area (Å²) in [6, 6.07) is 9.39. The molecule has 0 saturated carbocycles. The zero-order valence-electron chi connectivity index (χ0n) is 10.7. The number of hydrogen-bond acceptors (Lipinski definition) is 5. The highest BCUT2D eigenvalue weighted by Gasteiger charge is 2.09. The van der Waals surface area contributed by atoms with Crippen LogP contribution in [0.5, 0.6) is 0 Å². The molecular weight excluding hydrogens is 264 g/mol. The van der Waals surface area contributed by atoms with Crippen molar-refractivity contribution in [2.75, 3.05) is 7.05 Å². The molecule has 1 heterocycles. The van der Waals surface area contributed by atoms with E-state index in [1.54, 1.807) is 24.3 Å². The topological polar surface area (TPSA) is 94.6 Å². The number of amides is 1. The molecule has 0 spiro atoms. The Bertz CT molecular complexity index is 618. The maximum atomic E-state index is 10.9. The van der Waals surface area contributed by atoms with Gasteiger partial charge in [-0.05, 0) is 24.3 Å². The smallest absolute Gasteiger partial charge is 0.407 e. The summed E-state index contributed by atoms with van der Waals surface area (Å²) < 4.78 is 10.3. The van der Waals surface area contributed by atoms with Gasteiger partial charge >= 0.3 is 6.09 Å². The third kappa shape index (κ3) is 3.14. The summed E-state index contributed by atoms with van der Waals surface area (Å²) in [5.74, 6) is 1.04. The normalized spacial score (nSPS) is 10.1. The Morgan fingerprint density at radius 1 is 1.30 bits per heavy atom. The number of nitro groups is 1. The van der Waals surface area contributed by atoms with Crippen LogP contribution in [0, 0.1) is 10.1 Å². The number of nitrogens with zero attached hydrogens (tertiary/aromatic N) is 1. The molecule has 1 amide bonds. The Labute approximate surface area is 114 Å². The lowest BCUT2D eigenvalue weighted by molar-refractivity contribution is -0.384. The molecule has 7 heteroatoms. The van der Waals surface area contributed by atoms with Crippen molar-refractivity contribution in [2.24, 2.45) is 0 Å². The first kappa shape index (κ1) is 13.6. The molecule has 0 aliphatic heterocycles. The van der Waals surface area contributed by atoms with Crippen LogP contribution in [0.4, 0.5) is 10.5 Å². The SMILES string of the molecule is CNC(=O)OCc1ccc(-c2ccc([N+](=O)[O-])cc2)o1. The lowest BCUT2D eigenvalue weighted by atomic mass is 10.1. The predicted molar refractivity (Wildman–Crippen MR) is 70.0 cm³/mol. The fourth-order valence-corrected chi connectivity index (χ4v) is 1.57. The van der Waals surface area contributed by atoms with Gasteiger partial charge in [0.2, 0.25) is 0 Å². The van der Waals surface area contributed by atoms with Crippen LogP contribution in [-0.4, -0.2) is 18.1 Å². The van der Waals surface area contributed by atoms with Crippen LogP contribution in [0.25, 0.3) is 11.3 Å². The fourth-order valence-electron chi connectivity index (χ4n) is 1.57. The minimum atomic E-state index is -0.543. The van der Waals surface area contributed by atoms with Crippen LogP contribution < -0.4 is 5.32 Å². The second kappa shape index (κ2) is 5.87. The number of rotatable bonds is 4. The highest BCUT2D eigenvalue weighted by molar-refractivity contribution is 5.66. The summed E-state index contributed by atoms with van der Waals surface area (Å²) in [5.41, 5.74) is 0.727. The van der Waals surface area contributed by atoms with E-state index in [-0.39, 0.29) is 12.3 Å². The molecule has 20 heavy (non-hydrogen) atoms. The molecule has 2 rings (SSSR count). The Balaban J connectivity index is 2.08. The van der Waals surface area contributed by atoms with Crippen molar-refractivity contribution in [3.63, 3.8) is 0 Å². The van der Waals surface area contributed by atoms with Gasteiger partial charge in [0.05, 0.1) is 4.92 Å². The average Bonchev–Trinajstić information content (AvgIpc) is 2.93. The van der Waals surface area contributed by atoms with Gasteiger partial charge in [-0.15, -0.1) is 0 Å². The first-order valence-electron chi connectivity index (χ1n) is 5.78. The van der Waals surface area contributed by atoms with Crippen molar-refractivity contribution in [1.82, 2.24) is 5.32 Å². The first-order valence-corrected chi connectivity index (χ1v) is 5.78. The van der Waals surface area contributed by atoms with E-state index in [0.717, 1.165) is 0 Å². The number of non-ortho nitro benzene ring substituents is 1. The van der Waals surface area contributed by atoms with E-state index in [9.17, 15) is 14.9 Å². The molecule has 0 atom stereocenters. The quantitative estimate of drug-likeness (QED) is 0.684. The van der Waals surface area contributed by atoms with Crippen molar-refractivity contribution in [3.8, 4) is 11.3 Å². The number of carbonyl (C=O) groups excluding carboxylic acids is 1. The number of alkyl carbamates (subject to hydrolysis) is 1. The predicted octanol–water partition coefficient (Wildman–Crippen LogP) is 2.71. The van der Waals surface area contributed by atoms with Crippen LogP contribution in [0.1, 0.15) is 5.76 Å². The second-order valence-electron chi connectivity index (χ2n) is 3.90. The van der Waals surface area contributed by atoms with Crippen molar-refractivity contribution in [1.29, 1.82) is 0 Å². The lowest BCUT2D eigenvalue weighted by Gasteiger charge is -2.01. The molecule has 0 unspecified atom stereocenters. The minimum Gasteiger partial charge on any atom is -0.457 e. The second-order valence-corrected chi connectivity index (χ2v) is 3.90. The minimum absolute atomic E-state index is 0.0171. The van der Waals surface area contributed by atoms with Crippen LogP contribution in [-0.2, 0) is 11.3 Å². The van der Waals surface area contributed by atoms with E-state index in [4.69, 9.17) is 9.15 Å². The number of hydrogen-bond donors (Lipinski definition) is 1. The third-order valence-corrected chi connectivity index (χ3v) is 2.57. The Kier molecular flexibility index (Phi) is 3.99. The van der Waals surface area contributed by atoms with Crippen LogP contribution in [0.15, 0.2) is 40.8 Å². The maximum absolute atomic E-state index is 10.9. The molecule has 0 bridgehead atoms. The molecule has 1 aromatic heterocycles. The Morgan fingerprint density at radius 3 is 2.60 bits per heavy atom. The van der Waals surface area contributed by atoms with Gasteiger partial charge in [-0.3, -0.25) is 10.1 Å². The summed E-state index contributed by atoms with van der Waals surface area (Å²) in [6.45, 7) is 0.0205. The molecule has 0 aliphatic rings. The third-order valence-electron chi connectivity index (χ3n) is 2.57. The Morgan fingerprint density at radius 2 is 2.00 bits per heavy atom. The van der Waals surface area contributed by atoms with Gasteiger partial charge in [-0.2, -0.15) is 0 Å². The number of ether oxygens (including phenoxy) is 1. The van der Waals surface area contributed by atoms with Crippen molar-refractivity contribution in [2.45, 2.75) is 6.61 Å². The largest absolute Gasteiger partial charge is 0.457 e. The van der Waals surface area contributed by atoms with Gasteiger partial charge in [0.1, 0.15) is 11.5 Å². The molecule has 0 fully saturated rings. The standard InChI is InChI=1S/C13H12N2O5/c1-14-13(16)19-8-11-6-7-12(20-11)9-2-4-10(5-3-9)15(17)18/h2-7H,8H2,1H3,(H,14,16). The van der Waals surface area contributed by atoms with Crippen molar-refractivity contribution in [3.05, 3.63) is 52.3 Å². The molecule has 0 aliphatic carbocycles. The van der Waals surface area contributed by atoms with E-state index < -0.39 is 11.0 Å². The van der Waals surface area contributed by atoms with Gasteiger partial charge in [0.25, 0.3) is 5.69 Å². The van der Waals surface area contributed by atoms with Crippen LogP contribution in [0.2, 0.25) is 0 Å². The summed E-state index contributed by atoms with van der Waals surface area (Å²) in [6.07, 6.45) is -0.543. The molecule has 2 aromatic rings. The molecule has 1 aromatic carbocycles. The zero-order chi connectivity index (χ0) is 14.5. The number of furan rings is 1. The number of carbonyl (C=O) groups is 1. The maximum Gasteiger partial charge on any atom is 0.407 e. The summed E-state index contributed by atoms with van der Waals surface area (Å²) in [5, 5.41) is 12.9. The van der Waals surface area contributed by atoms with E-state index in [1.807, 2.05) is 0 Å². The van der Waals surface area contributed by atoms with Gasteiger partial charge in [0.15, 0.2) is 6.61 Å². The molecule has 0 saturated heterocycles. The number of nitro benzene ring substituents is 1. The van der Waals surface area contributed by atoms with E-state index in [1.165, 1.54) is 19.2 Å². The first-order chi connectivity index (χ1) is 9.60. The molecular formula is C13H12N2O5. The van der Waals surface area contributed by atoms with E-state index in [0.29, 0.717) is 17.1 Å². The van der Waals surface area contributed by atoms with Crippen molar-refractivity contribution < 1.29 is 18.9 Å². The van der Waals surface area contributed by atoms with Gasteiger partial charge < -0.3 is 14.5 Å². The molecule has 104 valence electrons. The zero-order valence-corrected chi connectivity index (χ0v) is 10.7. The van der Waals surface area contributed by atoms with E-state index >= 15 is 0 Å². The highest BCUT2D eigenvalue weighted by Crippen LogP contribution is 2.24. The fraction of sp³-hybridized carbons (Fsp3) is 0.154. The molecule has 1 N–H and O–H groups in total. The van der Waals surface area contributed by atoms with E-state index in [2.05, 4.69) is 5.32 Å². The van der Waals surface area contributed by atoms with Crippen molar-refractivity contribution >= 4 is 11.8 Å². The Hall–Kier alpha value is -2.83. The van der Waals surface area contributed by atoms with Crippen LogP contribution in [0.3, 0.4) is 0 Å². The molecule has 0 radical (unpaired) electrons. The van der Waals surface area contributed by atoms with Gasteiger partial charge in [0, 0.05) is 24.7 Å². The van der Waals surface area contributed by atoms with Gasteiger partial charge in [-0.25, -0.2) is 4.79 Å². The summed E-state index contributed by atoms with van der Waals surface area (Å²) in [4.78, 5) is 21.0. The molecule has 7 nitrogen and oxygen atoms in total. The number of nitrogens with one attached hydrogen (secondary N) is 1. The number of benzene rings is 1. The van der Waals surface area contributed by atoms with Gasteiger partial charge in [-0.1, -0.05) is 0 Å². The summed E-state index contributed by atoms with van der Waals surface area (Å²) in [7, 11) is 1.47.